The molecular formula is C10H21N3O3S2. The molecule has 1 fully saturated rings. The molecule has 1 aliphatic heterocycles. The van der Waals surface area contributed by atoms with Crippen LogP contribution < -0.4 is 15.4 Å². The number of rotatable bonds is 7. The van der Waals surface area contributed by atoms with Crippen LogP contribution >= 0.6 is 11.8 Å². The van der Waals surface area contributed by atoms with Crippen molar-refractivity contribution in [2.75, 3.05) is 36.9 Å². The van der Waals surface area contributed by atoms with Gasteiger partial charge in [0.2, 0.25) is 15.9 Å². The maximum atomic E-state index is 11.6. The molecule has 0 bridgehead atoms. The van der Waals surface area contributed by atoms with Crippen molar-refractivity contribution in [1.29, 1.82) is 0 Å². The van der Waals surface area contributed by atoms with E-state index < -0.39 is 10.0 Å². The molecule has 18 heavy (non-hydrogen) atoms. The van der Waals surface area contributed by atoms with Gasteiger partial charge in [0.05, 0.1) is 5.75 Å². The van der Waals surface area contributed by atoms with E-state index in [0.29, 0.717) is 13.0 Å². The van der Waals surface area contributed by atoms with Crippen LogP contribution in [0.3, 0.4) is 0 Å². The monoisotopic (exact) mass is 295 g/mol. The molecule has 0 aliphatic carbocycles. The first-order valence-corrected chi connectivity index (χ1v) is 8.89. The Morgan fingerprint density at radius 2 is 2.22 bits per heavy atom. The fourth-order valence-corrected chi connectivity index (χ4v) is 3.12. The molecule has 0 aromatic rings. The lowest BCUT2D eigenvalue weighted by atomic mass is 10.2. The Labute approximate surface area is 113 Å². The summed E-state index contributed by atoms with van der Waals surface area (Å²) in [6.45, 7) is 3.10. The third-order valence-electron chi connectivity index (χ3n) is 2.58. The average Bonchev–Trinajstić information content (AvgIpc) is 2.36. The highest BCUT2D eigenvalue weighted by atomic mass is 32.2. The molecule has 6 nitrogen and oxygen atoms in total. The second-order valence-corrected chi connectivity index (χ2v) is 7.32. The summed E-state index contributed by atoms with van der Waals surface area (Å²) >= 11 is 1.85. The zero-order valence-corrected chi connectivity index (χ0v) is 12.2. The van der Waals surface area contributed by atoms with Gasteiger partial charge in [0.15, 0.2) is 0 Å². The average molecular weight is 295 g/mol. The zero-order valence-electron chi connectivity index (χ0n) is 10.6. The summed E-state index contributed by atoms with van der Waals surface area (Å²) in [4.78, 5) is 11.6. The Balaban J connectivity index is 2.10. The topological polar surface area (TPSA) is 87.3 Å². The van der Waals surface area contributed by atoms with Crippen molar-refractivity contribution >= 4 is 27.7 Å². The molecule has 1 amide bonds. The highest BCUT2D eigenvalue weighted by Crippen LogP contribution is 2.09. The van der Waals surface area contributed by atoms with Gasteiger partial charge in [-0.2, -0.15) is 11.8 Å². The van der Waals surface area contributed by atoms with Crippen LogP contribution in [0, 0.1) is 0 Å². The molecular weight excluding hydrogens is 274 g/mol. The van der Waals surface area contributed by atoms with Crippen molar-refractivity contribution < 1.29 is 13.2 Å². The van der Waals surface area contributed by atoms with E-state index in [4.69, 9.17) is 0 Å². The van der Waals surface area contributed by atoms with E-state index in [0.717, 1.165) is 18.1 Å². The maximum Gasteiger partial charge on any atom is 0.221 e. The fourth-order valence-electron chi connectivity index (χ4n) is 1.56. The van der Waals surface area contributed by atoms with Crippen LogP contribution in [0.2, 0.25) is 0 Å². The predicted octanol–water partition coefficient (Wildman–Crippen LogP) is -0.863. The first kappa shape index (κ1) is 15.7. The van der Waals surface area contributed by atoms with Crippen molar-refractivity contribution in [1.82, 2.24) is 15.4 Å². The second-order valence-electron chi connectivity index (χ2n) is 4.08. The Kier molecular flexibility index (Phi) is 6.98. The van der Waals surface area contributed by atoms with Gasteiger partial charge in [-0.1, -0.05) is 0 Å². The van der Waals surface area contributed by atoms with Crippen LogP contribution in [0.25, 0.3) is 0 Å². The molecule has 1 aliphatic rings. The van der Waals surface area contributed by atoms with Crippen LogP contribution in [-0.2, 0) is 14.8 Å². The van der Waals surface area contributed by atoms with Gasteiger partial charge in [0.25, 0.3) is 0 Å². The number of nitrogens with one attached hydrogen (secondary N) is 3. The summed E-state index contributed by atoms with van der Waals surface area (Å²) < 4.78 is 24.7. The normalized spacial score (nSPS) is 20.6. The van der Waals surface area contributed by atoms with E-state index in [1.165, 1.54) is 0 Å². The number of hydrogen-bond donors (Lipinski definition) is 3. The maximum absolute atomic E-state index is 11.6. The lowest BCUT2D eigenvalue weighted by Gasteiger charge is -2.22. The number of carbonyl (C=O) groups excluding carboxylic acids is 1. The van der Waals surface area contributed by atoms with E-state index in [-0.39, 0.29) is 24.2 Å². The van der Waals surface area contributed by atoms with Crippen molar-refractivity contribution in [2.45, 2.75) is 19.4 Å². The molecule has 1 atom stereocenters. The third kappa shape index (κ3) is 6.58. The van der Waals surface area contributed by atoms with E-state index in [1.54, 1.807) is 6.92 Å². The molecule has 0 spiro atoms. The first-order valence-electron chi connectivity index (χ1n) is 6.08. The summed E-state index contributed by atoms with van der Waals surface area (Å²) in [6.07, 6.45) is 0.452. The van der Waals surface area contributed by atoms with E-state index in [1.807, 2.05) is 11.8 Å². The van der Waals surface area contributed by atoms with E-state index >= 15 is 0 Å². The van der Waals surface area contributed by atoms with Gasteiger partial charge in [-0.15, -0.1) is 0 Å². The van der Waals surface area contributed by atoms with Crippen molar-refractivity contribution in [3.8, 4) is 0 Å². The van der Waals surface area contributed by atoms with Gasteiger partial charge in [0, 0.05) is 43.6 Å². The molecule has 0 aromatic heterocycles. The molecule has 1 rings (SSSR count). The molecule has 8 heteroatoms. The summed E-state index contributed by atoms with van der Waals surface area (Å²) in [6, 6.07) is 0.232. The Morgan fingerprint density at radius 1 is 1.44 bits per heavy atom. The van der Waals surface area contributed by atoms with Gasteiger partial charge in [-0.25, -0.2) is 13.1 Å². The largest absolute Gasteiger partial charge is 0.355 e. The van der Waals surface area contributed by atoms with Gasteiger partial charge in [-0.3, -0.25) is 4.79 Å². The van der Waals surface area contributed by atoms with Crippen LogP contribution in [0.4, 0.5) is 0 Å². The quantitative estimate of drug-likeness (QED) is 0.532. The summed E-state index contributed by atoms with van der Waals surface area (Å²) in [5.41, 5.74) is 0. The minimum atomic E-state index is -3.16. The minimum Gasteiger partial charge on any atom is -0.355 e. The first-order chi connectivity index (χ1) is 8.53. The van der Waals surface area contributed by atoms with Crippen LogP contribution in [-0.4, -0.2) is 57.3 Å². The molecule has 106 valence electrons. The highest BCUT2D eigenvalue weighted by Gasteiger charge is 2.16. The zero-order chi connectivity index (χ0) is 13.4. The lowest BCUT2D eigenvalue weighted by Crippen LogP contribution is -2.42. The van der Waals surface area contributed by atoms with Crippen LogP contribution in [0.5, 0.6) is 0 Å². The molecule has 1 saturated heterocycles. The van der Waals surface area contributed by atoms with Crippen molar-refractivity contribution in [3.63, 3.8) is 0 Å². The van der Waals surface area contributed by atoms with Gasteiger partial charge in [0.1, 0.15) is 0 Å². The molecule has 1 unspecified atom stereocenters. The molecule has 0 aromatic carbocycles. The predicted molar refractivity (Wildman–Crippen MR) is 74.2 cm³/mol. The van der Waals surface area contributed by atoms with Gasteiger partial charge >= 0.3 is 0 Å². The Hall–Kier alpha value is -0.310. The molecule has 0 saturated carbocycles. The molecule has 1 heterocycles. The van der Waals surface area contributed by atoms with E-state index in [9.17, 15) is 13.2 Å². The number of thioether (sulfide) groups is 1. The smallest absolute Gasteiger partial charge is 0.221 e. The van der Waals surface area contributed by atoms with E-state index in [2.05, 4.69) is 15.4 Å². The Bertz CT molecular complexity index is 353. The molecule has 3 N–H and O–H groups in total. The van der Waals surface area contributed by atoms with Crippen LogP contribution in [0.1, 0.15) is 13.3 Å². The fraction of sp³-hybridized carbons (Fsp3) is 0.900. The SMILES string of the molecule is CCS(=O)(=O)NCCNC(=O)CC1CSCCN1. The number of hydrogen-bond acceptors (Lipinski definition) is 5. The summed E-state index contributed by atoms with van der Waals surface area (Å²) in [5.74, 6) is 2.07. The standard InChI is InChI=1S/C10H21N3O3S2/c1-2-18(15,16)13-4-3-12-10(14)7-9-8-17-6-5-11-9/h9,11,13H,2-8H2,1H3,(H,12,14). The second kappa shape index (κ2) is 7.98. The van der Waals surface area contributed by atoms with Crippen molar-refractivity contribution in [3.05, 3.63) is 0 Å². The molecule has 0 radical (unpaired) electrons. The van der Waals surface area contributed by atoms with Crippen LogP contribution in [0.15, 0.2) is 0 Å². The number of carbonyl (C=O) groups is 1. The lowest BCUT2D eigenvalue weighted by molar-refractivity contribution is -0.121. The summed E-state index contributed by atoms with van der Waals surface area (Å²) in [5, 5.41) is 5.99. The van der Waals surface area contributed by atoms with Crippen molar-refractivity contribution in [2.24, 2.45) is 0 Å². The summed E-state index contributed by atoms with van der Waals surface area (Å²) in [7, 11) is -3.16. The highest BCUT2D eigenvalue weighted by molar-refractivity contribution is 7.99. The van der Waals surface area contributed by atoms with Gasteiger partial charge in [-0.05, 0) is 6.92 Å². The third-order valence-corrected chi connectivity index (χ3v) is 5.11. The van der Waals surface area contributed by atoms with Gasteiger partial charge < -0.3 is 10.6 Å². The number of sulfonamides is 1. The Morgan fingerprint density at radius 3 is 2.83 bits per heavy atom. The minimum absolute atomic E-state index is 0.0364. The number of amides is 1.